The second kappa shape index (κ2) is 6.74. The standard InChI is InChI=1S/C19H29BN2O3/c1-18(2)19(3,4)25-20(24-18)15-8-6-7-14(13-15)17(23)21-16-9-11-22(5)12-10-16/h6-8,13,16H,9-12H2,1-5H3,(H,21,23). The third-order valence-electron chi connectivity index (χ3n) is 5.73. The lowest BCUT2D eigenvalue weighted by Crippen LogP contribution is -2.43. The molecule has 25 heavy (non-hydrogen) atoms. The summed E-state index contributed by atoms with van der Waals surface area (Å²) in [6, 6.07) is 7.83. The largest absolute Gasteiger partial charge is 0.494 e. The van der Waals surface area contributed by atoms with E-state index in [2.05, 4.69) is 17.3 Å². The van der Waals surface area contributed by atoms with Crippen LogP contribution < -0.4 is 10.8 Å². The summed E-state index contributed by atoms with van der Waals surface area (Å²) in [5.41, 5.74) is 0.773. The summed E-state index contributed by atoms with van der Waals surface area (Å²) in [5.74, 6) is -0.0204. The second-order valence-corrected chi connectivity index (χ2v) is 8.26. The average Bonchev–Trinajstić information content (AvgIpc) is 2.78. The lowest BCUT2D eigenvalue weighted by Gasteiger charge is -2.32. The first kappa shape index (κ1) is 18.4. The predicted octanol–water partition coefficient (Wildman–Crippen LogP) is 1.81. The molecule has 0 unspecified atom stereocenters. The minimum atomic E-state index is -0.443. The molecule has 1 aromatic carbocycles. The van der Waals surface area contributed by atoms with Crippen molar-refractivity contribution in [1.29, 1.82) is 0 Å². The third kappa shape index (κ3) is 3.91. The molecule has 0 saturated carbocycles. The maximum atomic E-state index is 12.6. The normalized spacial score (nSPS) is 23.6. The summed E-state index contributed by atoms with van der Waals surface area (Å²) in [6.07, 6.45) is 2.00. The second-order valence-electron chi connectivity index (χ2n) is 8.26. The number of likely N-dealkylation sites (tertiary alicyclic amines) is 1. The fraction of sp³-hybridized carbons (Fsp3) is 0.632. The van der Waals surface area contributed by atoms with E-state index in [9.17, 15) is 4.79 Å². The van der Waals surface area contributed by atoms with E-state index in [1.807, 2.05) is 52.0 Å². The van der Waals surface area contributed by atoms with Gasteiger partial charge < -0.3 is 19.5 Å². The molecule has 2 aliphatic rings. The Kier molecular flexibility index (Phi) is 4.97. The lowest BCUT2D eigenvalue weighted by molar-refractivity contribution is 0.00578. The first-order valence-corrected chi connectivity index (χ1v) is 9.13. The van der Waals surface area contributed by atoms with Gasteiger partial charge in [0.1, 0.15) is 0 Å². The monoisotopic (exact) mass is 344 g/mol. The molecule has 2 aliphatic heterocycles. The molecule has 2 fully saturated rings. The number of hydrogen-bond donors (Lipinski definition) is 1. The SMILES string of the molecule is CN1CCC(NC(=O)c2cccc(B3OC(C)(C)C(C)(C)O3)c2)CC1. The van der Waals surface area contributed by atoms with E-state index in [1.54, 1.807) is 0 Å². The van der Waals surface area contributed by atoms with Crippen molar-refractivity contribution in [2.24, 2.45) is 0 Å². The molecule has 136 valence electrons. The van der Waals surface area contributed by atoms with Gasteiger partial charge in [-0.2, -0.15) is 0 Å². The van der Waals surface area contributed by atoms with E-state index in [-0.39, 0.29) is 23.2 Å². The van der Waals surface area contributed by atoms with Gasteiger partial charge in [0.25, 0.3) is 5.91 Å². The number of benzene rings is 1. The molecule has 0 bridgehead atoms. The van der Waals surface area contributed by atoms with E-state index in [1.165, 1.54) is 0 Å². The average molecular weight is 344 g/mol. The lowest BCUT2D eigenvalue weighted by atomic mass is 9.78. The van der Waals surface area contributed by atoms with Crippen LogP contribution in [0.1, 0.15) is 50.9 Å². The molecule has 6 heteroatoms. The summed E-state index contributed by atoms with van der Waals surface area (Å²) in [6.45, 7) is 10.2. The van der Waals surface area contributed by atoms with Gasteiger partial charge in [0.15, 0.2) is 0 Å². The molecular weight excluding hydrogens is 315 g/mol. The van der Waals surface area contributed by atoms with E-state index < -0.39 is 7.12 Å². The van der Waals surface area contributed by atoms with Gasteiger partial charge in [0.05, 0.1) is 11.2 Å². The number of piperidine rings is 1. The Balaban J connectivity index is 1.68. The molecule has 0 aliphatic carbocycles. The van der Waals surface area contributed by atoms with Gasteiger partial charge in [-0.05, 0) is 78.3 Å². The highest BCUT2D eigenvalue weighted by Crippen LogP contribution is 2.36. The number of amides is 1. The van der Waals surface area contributed by atoms with Crippen molar-refractivity contribution < 1.29 is 14.1 Å². The van der Waals surface area contributed by atoms with Gasteiger partial charge in [-0.1, -0.05) is 12.1 Å². The van der Waals surface area contributed by atoms with Gasteiger partial charge in [-0.15, -0.1) is 0 Å². The summed E-state index contributed by atoms with van der Waals surface area (Å²) in [5, 5.41) is 3.16. The molecule has 2 heterocycles. The highest BCUT2D eigenvalue weighted by atomic mass is 16.7. The van der Waals surface area contributed by atoms with E-state index in [0.717, 1.165) is 31.4 Å². The Morgan fingerprint density at radius 2 is 1.76 bits per heavy atom. The van der Waals surface area contributed by atoms with Gasteiger partial charge in [0, 0.05) is 11.6 Å². The summed E-state index contributed by atoms with van der Waals surface area (Å²) < 4.78 is 12.2. The molecule has 5 nitrogen and oxygen atoms in total. The highest BCUT2D eigenvalue weighted by Gasteiger charge is 2.51. The quantitative estimate of drug-likeness (QED) is 0.850. The number of nitrogens with one attached hydrogen (secondary N) is 1. The van der Waals surface area contributed by atoms with Crippen molar-refractivity contribution in [1.82, 2.24) is 10.2 Å². The number of carbonyl (C=O) groups is 1. The molecule has 0 atom stereocenters. The van der Waals surface area contributed by atoms with Crippen LogP contribution in [-0.4, -0.2) is 55.3 Å². The first-order chi connectivity index (χ1) is 11.7. The van der Waals surface area contributed by atoms with Crippen molar-refractivity contribution in [3.8, 4) is 0 Å². The van der Waals surface area contributed by atoms with Crippen LogP contribution in [0.3, 0.4) is 0 Å². The van der Waals surface area contributed by atoms with Crippen LogP contribution in [0.25, 0.3) is 0 Å². The fourth-order valence-corrected chi connectivity index (χ4v) is 3.23. The van der Waals surface area contributed by atoms with Crippen molar-refractivity contribution >= 4 is 18.5 Å². The minimum Gasteiger partial charge on any atom is -0.399 e. The van der Waals surface area contributed by atoms with Crippen LogP contribution in [0.4, 0.5) is 0 Å². The smallest absolute Gasteiger partial charge is 0.399 e. The van der Waals surface area contributed by atoms with E-state index in [4.69, 9.17) is 9.31 Å². The number of rotatable bonds is 3. The van der Waals surface area contributed by atoms with Crippen molar-refractivity contribution in [3.63, 3.8) is 0 Å². The number of hydrogen-bond acceptors (Lipinski definition) is 4. The molecular formula is C19H29BN2O3. The van der Waals surface area contributed by atoms with Gasteiger partial charge in [-0.3, -0.25) is 4.79 Å². The zero-order valence-corrected chi connectivity index (χ0v) is 16.0. The van der Waals surface area contributed by atoms with Crippen LogP contribution in [0.5, 0.6) is 0 Å². The number of nitrogens with zero attached hydrogens (tertiary/aromatic N) is 1. The van der Waals surface area contributed by atoms with Crippen LogP contribution in [0.15, 0.2) is 24.3 Å². The van der Waals surface area contributed by atoms with Crippen molar-refractivity contribution in [2.75, 3.05) is 20.1 Å². The van der Waals surface area contributed by atoms with Gasteiger partial charge >= 0.3 is 7.12 Å². The Bertz CT molecular complexity index is 623. The maximum absolute atomic E-state index is 12.6. The highest BCUT2D eigenvalue weighted by molar-refractivity contribution is 6.62. The van der Waals surface area contributed by atoms with Crippen LogP contribution in [0, 0.1) is 0 Å². The summed E-state index contributed by atoms with van der Waals surface area (Å²) in [7, 11) is 1.67. The fourth-order valence-electron chi connectivity index (χ4n) is 3.23. The summed E-state index contributed by atoms with van der Waals surface area (Å²) in [4.78, 5) is 14.9. The van der Waals surface area contributed by atoms with Gasteiger partial charge in [0.2, 0.25) is 0 Å². The van der Waals surface area contributed by atoms with Crippen LogP contribution >= 0.6 is 0 Å². The van der Waals surface area contributed by atoms with Crippen LogP contribution in [0.2, 0.25) is 0 Å². The predicted molar refractivity (Wildman–Crippen MR) is 100 cm³/mol. The molecule has 0 spiro atoms. The minimum absolute atomic E-state index is 0.0204. The Morgan fingerprint density at radius 1 is 1.16 bits per heavy atom. The third-order valence-corrected chi connectivity index (χ3v) is 5.73. The molecule has 3 rings (SSSR count). The summed E-state index contributed by atoms with van der Waals surface area (Å²) >= 11 is 0. The molecule has 0 radical (unpaired) electrons. The van der Waals surface area contributed by atoms with Crippen molar-refractivity contribution in [2.45, 2.75) is 57.8 Å². The Labute approximate surface area is 151 Å². The van der Waals surface area contributed by atoms with Crippen molar-refractivity contribution in [3.05, 3.63) is 29.8 Å². The molecule has 1 amide bonds. The molecule has 1 aromatic rings. The zero-order chi connectivity index (χ0) is 18.2. The maximum Gasteiger partial charge on any atom is 0.494 e. The molecule has 0 aromatic heterocycles. The van der Waals surface area contributed by atoms with Crippen LogP contribution in [-0.2, 0) is 9.31 Å². The van der Waals surface area contributed by atoms with Gasteiger partial charge in [-0.25, -0.2) is 0 Å². The number of carbonyl (C=O) groups excluding carboxylic acids is 1. The topological polar surface area (TPSA) is 50.8 Å². The first-order valence-electron chi connectivity index (χ1n) is 9.13. The Hall–Kier alpha value is -1.37. The zero-order valence-electron chi connectivity index (χ0n) is 16.0. The van der Waals surface area contributed by atoms with E-state index >= 15 is 0 Å². The molecule has 2 saturated heterocycles. The van der Waals surface area contributed by atoms with E-state index in [0.29, 0.717) is 5.56 Å². The Morgan fingerprint density at radius 3 is 2.36 bits per heavy atom. The molecule has 1 N–H and O–H groups in total.